The first-order valence-corrected chi connectivity index (χ1v) is 9.27. The summed E-state index contributed by atoms with van der Waals surface area (Å²) < 4.78 is 0. The van der Waals surface area contributed by atoms with E-state index >= 15 is 0 Å². The maximum Gasteiger partial charge on any atom is 0.0770 e. The third kappa shape index (κ3) is 10.4. The molecule has 0 aromatic heterocycles. The Kier molecular flexibility index (Phi) is 11.6. The number of nitrogens with one attached hydrogen (secondary N) is 1. The van der Waals surface area contributed by atoms with Gasteiger partial charge in [-0.1, -0.05) is 58.3 Å². The molecule has 0 unspecified atom stereocenters. The van der Waals surface area contributed by atoms with Gasteiger partial charge in [0.15, 0.2) is 0 Å². The summed E-state index contributed by atoms with van der Waals surface area (Å²) in [6.07, 6.45) is 20.6. The van der Waals surface area contributed by atoms with Crippen molar-refractivity contribution in [2.75, 3.05) is 19.6 Å². The first-order chi connectivity index (χ1) is 9.43. The van der Waals surface area contributed by atoms with Crippen LogP contribution in [0.2, 0.25) is 0 Å². The molecule has 1 heteroatoms. The standard InChI is InChI=1S/C18H37N/c1-2-3-4-5-6-7-8-9-10-13-16-19-17-14-11-12-15-18-19/h2-18H2,1H3/p+1. The maximum atomic E-state index is 2.30. The molecule has 1 rings (SSSR count). The summed E-state index contributed by atoms with van der Waals surface area (Å²) in [4.78, 5) is 1.90. The van der Waals surface area contributed by atoms with Crippen molar-refractivity contribution in [3.05, 3.63) is 0 Å². The number of likely N-dealkylation sites (tertiary alicyclic amines) is 1. The zero-order chi connectivity index (χ0) is 13.6. The maximum absolute atomic E-state index is 2.30. The van der Waals surface area contributed by atoms with Crippen molar-refractivity contribution >= 4 is 0 Å². The van der Waals surface area contributed by atoms with Gasteiger partial charge in [-0.25, -0.2) is 0 Å². The first-order valence-electron chi connectivity index (χ1n) is 9.27. The van der Waals surface area contributed by atoms with Crippen LogP contribution in [-0.4, -0.2) is 19.6 Å². The largest absolute Gasteiger partial charge is 0.335 e. The molecule has 1 heterocycles. The monoisotopic (exact) mass is 268 g/mol. The highest BCUT2D eigenvalue weighted by molar-refractivity contribution is 4.49. The van der Waals surface area contributed by atoms with E-state index in [1.54, 1.807) is 0 Å². The van der Waals surface area contributed by atoms with E-state index in [4.69, 9.17) is 0 Å². The summed E-state index contributed by atoms with van der Waals surface area (Å²) >= 11 is 0. The molecule has 1 aliphatic rings. The van der Waals surface area contributed by atoms with E-state index in [0.717, 1.165) is 0 Å². The Bertz CT molecular complexity index is 171. The fraction of sp³-hybridized carbons (Fsp3) is 1.00. The molecule has 0 radical (unpaired) electrons. The molecule has 1 N–H and O–H groups in total. The van der Waals surface area contributed by atoms with Gasteiger partial charge in [-0.05, 0) is 38.5 Å². The van der Waals surface area contributed by atoms with Crippen molar-refractivity contribution < 1.29 is 4.90 Å². The molecule has 0 atom stereocenters. The van der Waals surface area contributed by atoms with Crippen LogP contribution in [0.3, 0.4) is 0 Å². The molecule has 1 aliphatic heterocycles. The summed E-state index contributed by atoms with van der Waals surface area (Å²) in [7, 11) is 0. The van der Waals surface area contributed by atoms with Gasteiger partial charge in [0.1, 0.15) is 0 Å². The van der Waals surface area contributed by atoms with Crippen LogP contribution in [-0.2, 0) is 0 Å². The van der Waals surface area contributed by atoms with Gasteiger partial charge < -0.3 is 4.90 Å². The van der Waals surface area contributed by atoms with E-state index in [-0.39, 0.29) is 0 Å². The average Bonchev–Trinajstić information content (AvgIpc) is 2.69. The number of quaternary nitrogens is 1. The minimum absolute atomic E-state index is 1.37. The second-order valence-electron chi connectivity index (χ2n) is 6.60. The van der Waals surface area contributed by atoms with Gasteiger partial charge in [0.05, 0.1) is 19.6 Å². The molecule has 0 amide bonds. The van der Waals surface area contributed by atoms with Crippen LogP contribution in [0.5, 0.6) is 0 Å². The Labute approximate surface area is 122 Å². The molecule has 114 valence electrons. The van der Waals surface area contributed by atoms with Gasteiger partial charge in [0.25, 0.3) is 0 Å². The lowest BCUT2D eigenvalue weighted by molar-refractivity contribution is -0.899. The van der Waals surface area contributed by atoms with Crippen LogP contribution in [0.15, 0.2) is 0 Å². The molecule has 0 bridgehead atoms. The molecule has 1 saturated heterocycles. The summed E-state index contributed by atoms with van der Waals surface area (Å²) in [6.45, 7) is 6.66. The molecule has 0 aromatic carbocycles. The Hall–Kier alpha value is -0.0400. The lowest BCUT2D eigenvalue weighted by atomic mass is 10.1. The van der Waals surface area contributed by atoms with Gasteiger partial charge in [0.2, 0.25) is 0 Å². The average molecular weight is 269 g/mol. The molecule has 1 nitrogen and oxygen atoms in total. The van der Waals surface area contributed by atoms with Crippen molar-refractivity contribution in [3.63, 3.8) is 0 Å². The fourth-order valence-corrected chi connectivity index (χ4v) is 3.34. The van der Waals surface area contributed by atoms with Gasteiger partial charge in [0, 0.05) is 0 Å². The first kappa shape index (κ1) is 17.0. The molecule has 0 saturated carbocycles. The smallest absolute Gasteiger partial charge is 0.0770 e. The van der Waals surface area contributed by atoms with Crippen LogP contribution < -0.4 is 4.90 Å². The highest BCUT2D eigenvalue weighted by atomic mass is 15.1. The van der Waals surface area contributed by atoms with Gasteiger partial charge in [-0.2, -0.15) is 0 Å². The summed E-state index contributed by atoms with van der Waals surface area (Å²) in [6, 6.07) is 0. The van der Waals surface area contributed by atoms with Crippen LogP contribution in [0.25, 0.3) is 0 Å². The van der Waals surface area contributed by atoms with Crippen molar-refractivity contribution in [1.82, 2.24) is 0 Å². The van der Waals surface area contributed by atoms with Crippen LogP contribution in [0, 0.1) is 0 Å². The van der Waals surface area contributed by atoms with Crippen molar-refractivity contribution in [3.8, 4) is 0 Å². The molecule has 0 aliphatic carbocycles. The van der Waals surface area contributed by atoms with Gasteiger partial charge >= 0.3 is 0 Å². The number of hydrogen-bond acceptors (Lipinski definition) is 0. The molecule has 19 heavy (non-hydrogen) atoms. The van der Waals surface area contributed by atoms with Crippen molar-refractivity contribution in [2.24, 2.45) is 0 Å². The summed E-state index contributed by atoms with van der Waals surface area (Å²) in [5.41, 5.74) is 0. The van der Waals surface area contributed by atoms with E-state index in [1.807, 2.05) is 4.90 Å². The Morgan fingerprint density at radius 1 is 0.579 bits per heavy atom. The third-order valence-electron chi connectivity index (χ3n) is 4.69. The van der Waals surface area contributed by atoms with Crippen molar-refractivity contribution in [1.29, 1.82) is 0 Å². The van der Waals surface area contributed by atoms with Crippen LogP contribution in [0.1, 0.15) is 96.8 Å². The number of rotatable bonds is 11. The van der Waals surface area contributed by atoms with E-state index in [2.05, 4.69) is 6.92 Å². The second kappa shape index (κ2) is 13.0. The fourth-order valence-electron chi connectivity index (χ4n) is 3.34. The predicted octanol–water partition coefficient (Wildman–Crippen LogP) is 4.37. The molecule has 1 fully saturated rings. The summed E-state index contributed by atoms with van der Waals surface area (Å²) in [5.74, 6) is 0. The van der Waals surface area contributed by atoms with E-state index in [9.17, 15) is 0 Å². The molecular weight excluding hydrogens is 230 g/mol. The minimum atomic E-state index is 1.37. The van der Waals surface area contributed by atoms with E-state index in [1.165, 1.54) is 110 Å². The predicted molar refractivity (Wildman–Crippen MR) is 85.9 cm³/mol. The van der Waals surface area contributed by atoms with Gasteiger partial charge in [-0.3, -0.25) is 0 Å². The van der Waals surface area contributed by atoms with Crippen molar-refractivity contribution in [2.45, 2.75) is 96.8 Å². The van der Waals surface area contributed by atoms with Gasteiger partial charge in [-0.15, -0.1) is 0 Å². The minimum Gasteiger partial charge on any atom is -0.335 e. The quantitative estimate of drug-likeness (QED) is 0.531. The topological polar surface area (TPSA) is 4.44 Å². The number of unbranched alkanes of at least 4 members (excludes halogenated alkanes) is 9. The zero-order valence-electron chi connectivity index (χ0n) is 13.5. The Balaban J connectivity index is 1.78. The highest BCUT2D eigenvalue weighted by Crippen LogP contribution is 2.10. The SMILES string of the molecule is CCCCCCCCCCCC[NH+]1CCCCCC1. The third-order valence-corrected chi connectivity index (χ3v) is 4.69. The summed E-state index contributed by atoms with van der Waals surface area (Å²) in [5, 5.41) is 0. The second-order valence-corrected chi connectivity index (χ2v) is 6.60. The molecule has 0 aromatic rings. The van der Waals surface area contributed by atoms with Crippen LogP contribution in [0.4, 0.5) is 0 Å². The van der Waals surface area contributed by atoms with E-state index < -0.39 is 0 Å². The number of hydrogen-bond donors (Lipinski definition) is 1. The highest BCUT2D eigenvalue weighted by Gasteiger charge is 2.10. The lowest BCUT2D eigenvalue weighted by Gasteiger charge is -2.16. The molecular formula is C18H38N+. The normalized spacial score (nSPS) is 17.5. The van der Waals surface area contributed by atoms with E-state index in [0.29, 0.717) is 0 Å². The zero-order valence-corrected chi connectivity index (χ0v) is 13.5. The molecule has 0 spiro atoms. The Morgan fingerprint density at radius 2 is 1.05 bits per heavy atom. The van der Waals surface area contributed by atoms with Crippen LogP contribution >= 0.6 is 0 Å². The Morgan fingerprint density at radius 3 is 1.58 bits per heavy atom. The lowest BCUT2D eigenvalue weighted by Crippen LogP contribution is -3.11.